The maximum absolute atomic E-state index is 12.9. The molecular weight excluding hydrogens is 452 g/mol. The lowest BCUT2D eigenvalue weighted by Gasteiger charge is -2.34. The number of amides is 1. The number of benzene rings is 2. The van der Waals surface area contributed by atoms with Gasteiger partial charge in [0.15, 0.2) is 0 Å². The average Bonchev–Trinajstić information content (AvgIpc) is 3.08. The smallest absolute Gasteiger partial charge is 0.329 e. The van der Waals surface area contributed by atoms with Crippen molar-refractivity contribution in [3.05, 3.63) is 64.0 Å². The van der Waals surface area contributed by atoms with E-state index in [0.29, 0.717) is 19.6 Å². The predicted molar refractivity (Wildman–Crippen MR) is 123 cm³/mol. The van der Waals surface area contributed by atoms with E-state index in [0.717, 1.165) is 11.0 Å². The maximum atomic E-state index is 12.9. The molecule has 170 valence electrons. The Morgan fingerprint density at radius 1 is 0.938 bits per heavy atom. The van der Waals surface area contributed by atoms with Crippen molar-refractivity contribution in [2.45, 2.75) is 31.3 Å². The number of para-hydroxylation sites is 2. The van der Waals surface area contributed by atoms with Crippen molar-refractivity contribution in [3.8, 4) is 0 Å². The number of imidazole rings is 1. The summed E-state index contributed by atoms with van der Waals surface area (Å²) in [5.74, 6) is -0.0972. The van der Waals surface area contributed by atoms with Crippen LogP contribution in [0.5, 0.6) is 0 Å². The summed E-state index contributed by atoms with van der Waals surface area (Å²) in [6.07, 6.45) is 0.175. The Labute approximate surface area is 191 Å². The zero-order chi connectivity index (χ0) is 22.9. The van der Waals surface area contributed by atoms with Crippen molar-refractivity contribution in [3.63, 3.8) is 0 Å². The number of aryl methyl sites for hydroxylation is 2. The molecule has 0 spiro atoms. The van der Waals surface area contributed by atoms with Crippen LogP contribution < -0.4 is 5.69 Å². The van der Waals surface area contributed by atoms with E-state index in [1.807, 2.05) is 31.2 Å². The van der Waals surface area contributed by atoms with Gasteiger partial charge in [0.25, 0.3) is 0 Å². The summed E-state index contributed by atoms with van der Waals surface area (Å²) in [7, 11) is -3.71. The fraction of sp³-hybridized carbons (Fsp3) is 0.364. The van der Waals surface area contributed by atoms with Crippen LogP contribution in [0.1, 0.15) is 13.3 Å². The van der Waals surface area contributed by atoms with Gasteiger partial charge in [0.2, 0.25) is 15.9 Å². The zero-order valence-electron chi connectivity index (χ0n) is 17.8. The summed E-state index contributed by atoms with van der Waals surface area (Å²) in [5, 5.41) is 0.183. The monoisotopic (exact) mass is 476 g/mol. The maximum Gasteiger partial charge on any atom is 0.329 e. The molecule has 1 saturated heterocycles. The number of carbonyl (C=O) groups excluding carboxylic acids is 1. The molecule has 0 bridgehead atoms. The lowest BCUT2D eigenvalue weighted by Crippen LogP contribution is -2.50. The zero-order valence-corrected chi connectivity index (χ0v) is 19.3. The van der Waals surface area contributed by atoms with E-state index >= 15 is 0 Å². The fourth-order valence-corrected chi connectivity index (χ4v) is 6.05. The second kappa shape index (κ2) is 9.09. The van der Waals surface area contributed by atoms with Crippen LogP contribution in [-0.4, -0.2) is 58.8 Å². The van der Waals surface area contributed by atoms with Gasteiger partial charge in [-0.15, -0.1) is 0 Å². The summed E-state index contributed by atoms with van der Waals surface area (Å²) < 4.78 is 30.5. The standard InChI is InChI=1S/C22H25ClN4O4S/c1-2-26-18-8-4-5-9-19(18)27(22(26)29)12-11-21(28)24-13-15-25(16-14-24)32(30,31)20-10-6-3-7-17(20)23/h3-10H,2,11-16H2,1H3. The number of aromatic nitrogens is 2. The molecule has 3 aromatic rings. The molecule has 2 aromatic carbocycles. The van der Waals surface area contributed by atoms with Gasteiger partial charge in [-0.05, 0) is 31.2 Å². The third kappa shape index (κ3) is 4.07. The third-order valence-electron chi connectivity index (χ3n) is 5.84. The van der Waals surface area contributed by atoms with Crippen molar-refractivity contribution in [2.24, 2.45) is 0 Å². The highest BCUT2D eigenvalue weighted by molar-refractivity contribution is 7.89. The van der Waals surface area contributed by atoms with Gasteiger partial charge in [-0.3, -0.25) is 13.9 Å². The molecule has 2 heterocycles. The van der Waals surface area contributed by atoms with Gasteiger partial charge in [-0.1, -0.05) is 35.9 Å². The molecule has 0 N–H and O–H groups in total. The van der Waals surface area contributed by atoms with E-state index < -0.39 is 10.0 Å². The van der Waals surface area contributed by atoms with Gasteiger partial charge in [-0.25, -0.2) is 13.2 Å². The highest BCUT2D eigenvalue weighted by Gasteiger charge is 2.31. The molecule has 8 nitrogen and oxygen atoms in total. The van der Waals surface area contributed by atoms with Crippen molar-refractivity contribution in [2.75, 3.05) is 26.2 Å². The average molecular weight is 477 g/mol. The van der Waals surface area contributed by atoms with Gasteiger partial charge in [0.1, 0.15) is 4.90 Å². The number of nitrogens with zero attached hydrogens (tertiary/aromatic N) is 4. The first-order valence-corrected chi connectivity index (χ1v) is 12.4. The Hall–Kier alpha value is -2.62. The van der Waals surface area contributed by atoms with Gasteiger partial charge in [-0.2, -0.15) is 4.31 Å². The molecule has 1 amide bonds. The Balaban J connectivity index is 1.41. The van der Waals surface area contributed by atoms with E-state index in [4.69, 9.17) is 11.6 Å². The van der Waals surface area contributed by atoms with Gasteiger partial charge < -0.3 is 4.90 Å². The summed E-state index contributed by atoms with van der Waals surface area (Å²) >= 11 is 6.07. The molecule has 1 aliphatic heterocycles. The first-order chi connectivity index (χ1) is 15.3. The van der Waals surface area contributed by atoms with Crippen LogP contribution in [0.25, 0.3) is 11.0 Å². The van der Waals surface area contributed by atoms with Crippen molar-refractivity contribution < 1.29 is 13.2 Å². The highest BCUT2D eigenvalue weighted by atomic mass is 35.5. The minimum Gasteiger partial charge on any atom is -0.340 e. The van der Waals surface area contributed by atoms with Crippen molar-refractivity contribution >= 4 is 38.6 Å². The lowest BCUT2D eigenvalue weighted by atomic mass is 10.3. The molecule has 0 atom stereocenters. The number of hydrogen-bond acceptors (Lipinski definition) is 4. The summed E-state index contributed by atoms with van der Waals surface area (Å²) in [6.45, 7) is 3.76. The first kappa shape index (κ1) is 22.6. The summed E-state index contributed by atoms with van der Waals surface area (Å²) in [4.78, 5) is 27.3. The number of rotatable bonds is 6. The van der Waals surface area contributed by atoms with Crippen LogP contribution >= 0.6 is 11.6 Å². The fourth-order valence-electron chi connectivity index (χ4n) is 4.13. The van der Waals surface area contributed by atoms with Crippen LogP contribution in [0.2, 0.25) is 5.02 Å². The second-order valence-corrected chi connectivity index (χ2v) is 9.95. The van der Waals surface area contributed by atoms with E-state index in [-0.39, 0.29) is 47.6 Å². The first-order valence-electron chi connectivity index (χ1n) is 10.5. The summed E-state index contributed by atoms with van der Waals surface area (Å²) in [6, 6.07) is 13.9. The Bertz CT molecular complexity index is 1310. The van der Waals surface area contributed by atoms with E-state index in [9.17, 15) is 18.0 Å². The van der Waals surface area contributed by atoms with Crippen LogP contribution in [0.3, 0.4) is 0 Å². The number of halogens is 1. The molecule has 0 aliphatic carbocycles. The van der Waals surface area contributed by atoms with Crippen LogP contribution in [0.4, 0.5) is 0 Å². The molecular formula is C22H25ClN4O4S. The van der Waals surface area contributed by atoms with Crippen molar-refractivity contribution in [1.82, 2.24) is 18.3 Å². The third-order valence-corrected chi connectivity index (χ3v) is 8.23. The number of fused-ring (bicyclic) bond motifs is 1. The van der Waals surface area contributed by atoms with Crippen molar-refractivity contribution in [1.29, 1.82) is 0 Å². The van der Waals surface area contributed by atoms with E-state index in [2.05, 4.69) is 0 Å². The molecule has 1 aliphatic rings. The Kier molecular flexibility index (Phi) is 6.41. The molecule has 32 heavy (non-hydrogen) atoms. The molecule has 0 unspecified atom stereocenters. The SMILES string of the molecule is CCn1c(=O)n(CCC(=O)N2CCN(S(=O)(=O)c3ccccc3Cl)CC2)c2ccccc21. The highest BCUT2D eigenvalue weighted by Crippen LogP contribution is 2.25. The number of hydrogen-bond donors (Lipinski definition) is 0. The van der Waals surface area contributed by atoms with E-state index in [1.54, 1.807) is 32.2 Å². The minimum absolute atomic E-state index is 0.0770. The molecule has 0 saturated carbocycles. The van der Waals surface area contributed by atoms with Crippen LogP contribution in [-0.2, 0) is 27.9 Å². The normalized spacial score (nSPS) is 15.4. The largest absolute Gasteiger partial charge is 0.340 e. The van der Waals surface area contributed by atoms with Gasteiger partial charge in [0.05, 0.1) is 16.1 Å². The Morgan fingerprint density at radius 3 is 2.16 bits per heavy atom. The second-order valence-electron chi connectivity index (χ2n) is 7.63. The number of piperazine rings is 1. The Morgan fingerprint density at radius 2 is 1.53 bits per heavy atom. The topological polar surface area (TPSA) is 84.6 Å². The van der Waals surface area contributed by atoms with Gasteiger partial charge in [0, 0.05) is 45.7 Å². The van der Waals surface area contributed by atoms with Gasteiger partial charge >= 0.3 is 5.69 Å². The quantitative estimate of drug-likeness (QED) is 0.546. The number of sulfonamides is 1. The van der Waals surface area contributed by atoms with Crippen LogP contribution in [0.15, 0.2) is 58.2 Å². The lowest BCUT2D eigenvalue weighted by molar-refractivity contribution is -0.132. The molecule has 0 radical (unpaired) electrons. The molecule has 4 rings (SSSR count). The molecule has 1 aromatic heterocycles. The predicted octanol–water partition coefficient (Wildman–Crippen LogP) is 2.40. The minimum atomic E-state index is -3.71. The molecule has 10 heteroatoms. The molecule has 1 fully saturated rings. The number of carbonyl (C=O) groups is 1. The van der Waals surface area contributed by atoms with Crippen LogP contribution in [0, 0.1) is 0 Å². The van der Waals surface area contributed by atoms with E-state index in [1.165, 1.54) is 10.4 Å². The summed E-state index contributed by atoms with van der Waals surface area (Å²) in [5.41, 5.74) is 1.53.